The molecular formula is C13H23N5O7S2. The molecule has 0 saturated carbocycles. The number of hydrogen-bond donors (Lipinski definition) is 9. The smallest absolute Gasteiger partial charge is 0.327 e. The summed E-state index contributed by atoms with van der Waals surface area (Å²) in [7, 11) is 0. The van der Waals surface area contributed by atoms with Gasteiger partial charge in [-0.1, -0.05) is 0 Å². The molecule has 14 heteroatoms. The van der Waals surface area contributed by atoms with Crippen molar-refractivity contribution in [2.75, 3.05) is 18.1 Å². The molecule has 4 atom stereocenters. The lowest BCUT2D eigenvalue weighted by Gasteiger charge is -2.23. The van der Waals surface area contributed by atoms with Crippen molar-refractivity contribution in [2.24, 2.45) is 11.5 Å². The van der Waals surface area contributed by atoms with Gasteiger partial charge in [0.25, 0.3) is 0 Å². The van der Waals surface area contributed by atoms with Gasteiger partial charge >= 0.3 is 5.97 Å². The summed E-state index contributed by atoms with van der Waals surface area (Å²) in [5.74, 6) is -5.22. The first-order valence-corrected chi connectivity index (χ1v) is 8.84. The van der Waals surface area contributed by atoms with E-state index in [4.69, 9.17) is 16.6 Å². The second kappa shape index (κ2) is 12.4. The topological polar surface area (TPSA) is 214 Å². The van der Waals surface area contributed by atoms with Crippen molar-refractivity contribution >= 4 is 54.9 Å². The van der Waals surface area contributed by atoms with Gasteiger partial charge in [0.2, 0.25) is 23.6 Å². The van der Waals surface area contributed by atoms with Gasteiger partial charge in [-0.3, -0.25) is 19.2 Å². The van der Waals surface area contributed by atoms with Crippen molar-refractivity contribution in [3.63, 3.8) is 0 Å². The molecule has 0 saturated heterocycles. The molecule has 0 aromatic heterocycles. The summed E-state index contributed by atoms with van der Waals surface area (Å²) in [6.07, 6.45) is -0.436. The van der Waals surface area contributed by atoms with Crippen LogP contribution in [0.15, 0.2) is 0 Å². The maximum atomic E-state index is 12.2. The monoisotopic (exact) mass is 425 g/mol. The zero-order valence-electron chi connectivity index (χ0n) is 14.1. The number of aliphatic hydroxyl groups is 1. The van der Waals surface area contributed by atoms with Crippen LogP contribution in [-0.4, -0.2) is 82.1 Å². The summed E-state index contributed by atoms with van der Waals surface area (Å²) >= 11 is 7.69. The molecule has 0 heterocycles. The van der Waals surface area contributed by atoms with Gasteiger partial charge in [-0.05, 0) is 0 Å². The molecule has 0 spiro atoms. The quantitative estimate of drug-likeness (QED) is 0.139. The third kappa shape index (κ3) is 8.94. The van der Waals surface area contributed by atoms with Gasteiger partial charge in [0.05, 0.1) is 19.1 Å². The Balaban J connectivity index is 4.91. The van der Waals surface area contributed by atoms with E-state index < -0.39 is 66.8 Å². The van der Waals surface area contributed by atoms with Crippen LogP contribution in [0.1, 0.15) is 6.42 Å². The van der Waals surface area contributed by atoms with Gasteiger partial charge in [0, 0.05) is 11.5 Å². The molecule has 0 aliphatic heterocycles. The number of nitrogens with one attached hydrogen (secondary N) is 3. The number of carboxylic acids is 1. The molecule has 0 aliphatic carbocycles. The third-order valence-corrected chi connectivity index (χ3v) is 3.92. The van der Waals surface area contributed by atoms with Crippen LogP contribution in [0.25, 0.3) is 0 Å². The Hall–Kier alpha value is -2.03. The molecule has 0 fully saturated rings. The Labute approximate surface area is 165 Å². The summed E-state index contributed by atoms with van der Waals surface area (Å²) in [5, 5.41) is 24.6. The zero-order valence-corrected chi connectivity index (χ0v) is 15.9. The molecule has 4 amide bonds. The maximum absolute atomic E-state index is 12.2. The predicted molar refractivity (Wildman–Crippen MR) is 100 cm³/mol. The zero-order chi connectivity index (χ0) is 21.1. The number of nitrogens with two attached hydrogens (primary N) is 2. The molecule has 0 aliphatic rings. The lowest BCUT2D eigenvalue weighted by atomic mass is 10.1. The first kappa shape index (κ1) is 25.0. The van der Waals surface area contributed by atoms with Crippen molar-refractivity contribution in [3.8, 4) is 0 Å². The molecule has 12 nitrogen and oxygen atoms in total. The van der Waals surface area contributed by atoms with E-state index in [1.807, 2.05) is 0 Å². The maximum Gasteiger partial charge on any atom is 0.327 e. The molecule has 0 rings (SSSR count). The van der Waals surface area contributed by atoms with Crippen molar-refractivity contribution in [1.29, 1.82) is 0 Å². The average molecular weight is 425 g/mol. The number of carboxylic acid groups (broad SMARTS) is 1. The van der Waals surface area contributed by atoms with E-state index in [1.165, 1.54) is 0 Å². The van der Waals surface area contributed by atoms with Gasteiger partial charge in [0.15, 0.2) is 0 Å². The van der Waals surface area contributed by atoms with Crippen LogP contribution in [0.5, 0.6) is 0 Å². The lowest BCUT2D eigenvalue weighted by Crippen LogP contribution is -2.58. The highest BCUT2D eigenvalue weighted by Gasteiger charge is 2.29. The second-order valence-corrected chi connectivity index (χ2v) is 6.08. The summed E-state index contributed by atoms with van der Waals surface area (Å²) in [4.78, 5) is 57.7. The van der Waals surface area contributed by atoms with Gasteiger partial charge < -0.3 is 37.6 Å². The van der Waals surface area contributed by atoms with E-state index in [2.05, 4.69) is 41.2 Å². The molecule has 9 N–H and O–H groups in total. The largest absolute Gasteiger partial charge is 0.480 e. The predicted octanol–water partition coefficient (Wildman–Crippen LogP) is -4.42. The summed E-state index contributed by atoms with van der Waals surface area (Å²) in [6.45, 7) is -0.828. The minimum atomic E-state index is -1.47. The molecule has 0 bridgehead atoms. The van der Waals surface area contributed by atoms with Crippen molar-refractivity contribution in [1.82, 2.24) is 16.0 Å². The molecule has 0 aromatic carbocycles. The molecule has 4 unspecified atom stereocenters. The SMILES string of the molecule is NC(=O)CC(N)C(=O)NC(CS)C(=O)NC(CO)C(=O)NC(CS)C(=O)O. The van der Waals surface area contributed by atoms with Crippen LogP contribution in [0.3, 0.4) is 0 Å². The van der Waals surface area contributed by atoms with E-state index in [-0.39, 0.29) is 11.5 Å². The van der Waals surface area contributed by atoms with Crippen LogP contribution >= 0.6 is 25.3 Å². The van der Waals surface area contributed by atoms with E-state index in [0.717, 1.165) is 0 Å². The fourth-order valence-corrected chi connectivity index (χ4v) is 2.21. The first-order valence-electron chi connectivity index (χ1n) is 7.57. The summed E-state index contributed by atoms with van der Waals surface area (Å²) in [6, 6.07) is -5.31. The van der Waals surface area contributed by atoms with Crippen LogP contribution in [0.4, 0.5) is 0 Å². The molecular weight excluding hydrogens is 402 g/mol. The van der Waals surface area contributed by atoms with E-state index >= 15 is 0 Å². The highest BCUT2D eigenvalue weighted by atomic mass is 32.1. The number of thiol groups is 2. The average Bonchev–Trinajstić information content (AvgIpc) is 2.60. The third-order valence-electron chi connectivity index (χ3n) is 3.19. The number of primary amides is 1. The van der Waals surface area contributed by atoms with Crippen LogP contribution in [0, 0.1) is 0 Å². The summed E-state index contributed by atoms with van der Waals surface area (Å²) in [5.41, 5.74) is 10.4. The standard InChI is InChI=1S/C13H23N5O7S2/c14-5(1-9(15)20)10(21)17-7(3-26)12(23)16-6(2-19)11(22)18-8(4-27)13(24)25/h5-8,19,26-27H,1-4,14H2,(H2,15,20)(H,16,23)(H,17,21)(H,18,22)(H,24,25). The van der Waals surface area contributed by atoms with Crippen molar-refractivity contribution in [2.45, 2.75) is 30.6 Å². The number of hydrogen-bond acceptors (Lipinski definition) is 9. The van der Waals surface area contributed by atoms with Crippen molar-refractivity contribution in [3.05, 3.63) is 0 Å². The Morgan fingerprint density at radius 1 is 0.852 bits per heavy atom. The molecule has 0 radical (unpaired) electrons. The minimum Gasteiger partial charge on any atom is -0.480 e. The Morgan fingerprint density at radius 2 is 1.30 bits per heavy atom. The molecule has 154 valence electrons. The van der Waals surface area contributed by atoms with Crippen LogP contribution in [-0.2, 0) is 24.0 Å². The highest BCUT2D eigenvalue weighted by molar-refractivity contribution is 7.80. The normalized spacial score (nSPS) is 15.0. The van der Waals surface area contributed by atoms with E-state index in [1.54, 1.807) is 0 Å². The van der Waals surface area contributed by atoms with Gasteiger partial charge in [-0.2, -0.15) is 25.3 Å². The van der Waals surface area contributed by atoms with E-state index in [9.17, 15) is 29.1 Å². The summed E-state index contributed by atoms with van der Waals surface area (Å²) < 4.78 is 0. The number of carbonyl (C=O) groups is 5. The molecule has 27 heavy (non-hydrogen) atoms. The number of carbonyl (C=O) groups excluding carboxylic acids is 4. The second-order valence-electron chi connectivity index (χ2n) is 5.35. The number of aliphatic carboxylic acids is 1. The lowest BCUT2D eigenvalue weighted by molar-refractivity contribution is -0.141. The fraction of sp³-hybridized carbons (Fsp3) is 0.615. The Morgan fingerprint density at radius 3 is 1.70 bits per heavy atom. The van der Waals surface area contributed by atoms with E-state index in [0.29, 0.717) is 0 Å². The van der Waals surface area contributed by atoms with Gasteiger partial charge in [-0.15, -0.1) is 0 Å². The first-order chi connectivity index (χ1) is 12.6. The number of rotatable bonds is 12. The minimum absolute atomic E-state index is 0.185. The number of amides is 4. The van der Waals surface area contributed by atoms with Gasteiger partial charge in [0.1, 0.15) is 18.1 Å². The Kier molecular flexibility index (Phi) is 11.4. The van der Waals surface area contributed by atoms with Crippen molar-refractivity contribution < 1.29 is 34.2 Å². The number of aliphatic hydroxyl groups excluding tert-OH is 1. The van der Waals surface area contributed by atoms with Crippen LogP contribution < -0.4 is 27.4 Å². The van der Waals surface area contributed by atoms with Gasteiger partial charge in [-0.25, -0.2) is 4.79 Å². The van der Waals surface area contributed by atoms with Crippen LogP contribution in [0.2, 0.25) is 0 Å². The molecule has 0 aromatic rings. The fourth-order valence-electron chi connectivity index (χ4n) is 1.71. The highest BCUT2D eigenvalue weighted by Crippen LogP contribution is 1.96. The Bertz CT molecular complexity index is 577.